The van der Waals surface area contributed by atoms with Crippen molar-refractivity contribution >= 4 is 34.6 Å². The van der Waals surface area contributed by atoms with E-state index in [1.165, 1.54) is 0 Å². The Morgan fingerprint density at radius 2 is 1.75 bits per heavy atom. The molecule has 88 valence electrons. The number of halogens is 1. The molecule has 0 saturated carbocycles. The van der Waals surface area contributed by atoms with Crippen molar-refractivity contribution in [2.45, 2.75) is 26.8 Å². The molecule has 2 N–H and O–H groups in total. The van der Waals surface area contributed by atoms with Crippen molar-refractivity contribution in [1.29, 1.82) is 0 Å². The van der Waals surface area contributed by atoms with E-state index in [2.05, 4.69) is 31.4 Å². The maximum atomic E-state index is 5.80. The Morgan fingerprint density at radius 3 is 2.25 bits per heavy atom. The third-order valence-electron chi connectivity index (χ3n) is 2.46. The summed E-state index contributed by atoms with van der Waals surface area (Å²) in [6.07, 6.45) is 0. The zero-order valence-corrected chi connectivity index (χ0v) is 11.3. The van der Waals surface area contributed by atoms with E-state index in [4.69, 9.17) is 23.8 Å². The SMILES string of the molecule is CC(C)[C@H](C)NC(=S)Nc1ccc(Cl)cc1. The molecule has 0 aromatic heterocycles. The fraction of sp³-hybridized carbons (Fsp3) is 0.417. The Labute approximate surface area is 107 Å². The monoisotopic (exact) mass is 256 g/mol. The molecular formula is C12H17ClN2S. The van der Waals surface area contributed by atoms with Gasteiger partial charge >= 0.3 is 0 Å². The topological polar surface area (TPSA) is 24.1 Å². The summed E-state index contributed by atoms with van der Waals surface area (Å²) in [5.74, 6) is 0.546. The van der Waals surface area contributed by atoms with E-state index in [0.717, 1.165) is 10.7 Å². The highest BCUT2D eigenvalue weighted by atomic mass is 35.5. The minimum absolute atomic E-state index is 0.354. The molecule has 0 aliphatic heterocycles. The molecule has 0 unspecified atom stereocenters. The van der Waals surface area contributed by atoms with Crippen LogP contribution in [0.15, 0.2) is 24.3 Å². The van der Waals surface area contributed by atoms with Crippen LogP contribution in [0.1, 0.15) is 20.8 Å². The first-order valence-corrected chi connectivity index (χ1v) is 6.10. The van der Waals surface area contributed by atoms with E-state index < -0.39 is 0 Å². The first-order valence-electron chi connectivity index (χ1n) is 5.32. The molecule has 0 fully saturated rings. The zero-order chi connectivity index (χ0) is 12.1. The van der Waals surface area contributed by atoms with Gasteiger partial charge in [-0.25, -0.2) is 0 Å². The molecule has 1 aromatic carbocycles. The molecule has 16 heavy (non-hydrogen) atoms. The van der Waals surface area contributed by atoms with Crippen LogP contribution in [0.25, 0.3) is 0 Å². The van der Waals surface area contributed by atoms with Gasteiger partial charge in [0, 0.05) is 16.8 Å². The molecule has 0 saturated heterocycles. The van der Waals surface area contributed by atoms with Gasteiger partial charge in [0.05, 0.1) is 0 Å². The minimum atomic E-state index is 0.354. The van der Waals surface area contributed by atoms with Crippen LogP contribution in [-0.4, -0.2) is 11.2 Å². The second-order valence-electron chi connectivity index (χ2n) is 4.14. The zero-order valence-electron chi connectivity index (χ0n) is 9.75. The van der Waals surface area contributed by atoms with E-state index in [1.54, 1.807) is 0 Å². The highest BCUT2D eigenvalue weighted by Crippen LogP contribution is 2.13. The van der Waals surface area contributed by atoms with Crippen LogP contribution in [0.3, 0.4) is 0 Å². The van der Waals surface area contributed by atoms with E-state index in [-0.39, 0.29) is 0 Å². The number of hydrogen-bond donors (Lipinski definition) is 2. The van der Waals surface area contributed by atoms with E-state index >= 15 is 0 Å². The third-order valence-corrected chi connectivity index (χ3v) is 2.93. The van der Waals surface area contributed by atoms with Crippen molar-refractivity contribution in [2.75, 3.05) is 5.32 Å². The fourth-order valence-corrected chi connectivity index (χ4v) is 1.50. The van der Waals surface area contributed by atoms with Crippen LogP contribution < -0.4 is 10.6 Å². The normalized spacial score (nSPS) is 12.3. The lowest BCUT2D eigenvalue weighted by molar-refractivity contribution is 0.489. The Hall–Kier alpha value is -0.800. The molecule has 0 radical (unpaired) electrons. The van der Waals surface area contributed by atoms with Crippen LogP contribution >= 0.6 is 23.8 Å². The van der Waals surface area contributed by atoms with E-state index in [0.29, 0.717) is 17.1 Å². The van der Waals surface area contributed by atoms with Gasteiger partial charge in [-0.1, -0.05) is 25.4 Å². The van der Waals surface area contributed by atoms with Crippen molar-refractivity contribution in [3.05, 3.63) is 29.3 Å². The van der Waals surface area contributed by atoms with Gasteiger partial charge in [0.1, 0.15) is 0 Å². The number of thiocarbonyl (C=S) groups is 1. The number of hydrogen-bond acceptors (Lipinski definition) is 1. The standard InChI is InChI=1S/C12H17ClN2S/c1-8(2)9(3)14-12(16)15-11-6-4-10(13)5-7-11/h4-9H,1-3H3,(H2,14,15,16)/t9-/m0/s1. The Morgan fingerprint density at radius 1 is 1.19 bits per heavy atom. The Bertz CT molecular complexity index is 349. The van der Waals surface area contributed by atoms with Crippen LogP contribution in [-0.2, 0) is 0 Å². The average molecular weight is 257 g/mol. The number of benzene rings is 1. The molecular weight excluding hydrogens is 240 g/mol. The molecule has 0 bridgehead atoms. The van der Waals surface area contributed by atoms with Crippen molar-refractivity contribution in [3.8, 4) is 0 Å². The van der Waals surface area contributed by atoms with E-state index in [9.17, 15) is 0 Å². The maximum absolute atomic E-state index is 5.80. The molecule has 0 spiro atoms. The molecule has 0 aliphatic carbocycles. The summed E-state index contributed by atoms with van der Waals surface area (Å²) in [5.41, 5.74) is 0.942. The molecule has 1 rings (SSSR count). The molecule has 0 aliphatic rings. The van der Waals surface area contributed by atoms with Gasteiger partial charge in [0.2, 0.25) is 0 Å². The summed E-state index contributed by atoms with van der Waals surface area (Å²) < 4.78 is 0. The Kier molecular flexibility index (Phi) is 5.03. The maximum Gasteiger partial charge on any atom is 0.170 e. The lowest BCUT2D eigenvalue weighted by Crippen LogP contribution is -2.38. The van der Waals surface area contributed by atoms with Crippen molar-refractivity contribution in [3.63, 3.8) is 0 Å². The largest absolute Gasteiger partial charge is 0.360 e. The van der Waals surface area contributed by atoms with Gasteiger partial charge in [-0.2, -0.15) is 0 Å². The van der Waals surface area contributed by atoms with Gasteiger partial charge in [-0.15, -0.1) is 0 Å². The van der Waals surface area contributed by atoms with Gasteiger partial charge in [-0.3, -0.25) is 0 Å². The highest BCUT2D eigenvalue weighted by Gasteiger charge is 2.07. The average Bonchev–Trinajstić information content (AvgIpc) is 2.21. The summed E-state index contributed by atoms with van der Waals surface area (Å²) in [5, 5.41) is 7.71. The fourth-order valence-electron chi connectivity index (χ4n) is 1.07. The van der Waals surface area contributed by atoms with Crippen LogP contribution in [0.2, 0.25) is 5.02 Å². The van der Waals surface area contributed by atoms with Gasteiger partial charge in [-0.05, 0) is 49.3 Å². The first kappa shape index (κ1) is 13.3. The summed E-state index contributed by atoms with van der Waals surface area (Å²) in [6.45, 7) is 6.42. The molecule has 4 heteroatoms. The number of nitrogens with one attached hydrogen (secondary N) is 2. The van der Waals surface area contributed by atoms with Gasteiger partial charge in [0.15, 0.2) is 5.11 Å². The lowest BCUT2D eigenvalue weighted by atomic mass is 10.1. The molecule has 1 atom stereocenters. The van der Waals surface area contributed by atoms with E-state index in [1.807, 2.05) is 24.3 Å². The minimum Gasteiger partial charge on any atom is -0.360 e. The summed E-state index contributed by atoms with van der Waals surface area (Å²) >= 11 is 11.0. The second kappa shape index (κ2) is 6.06. The smallest absolute Gasteiger partial charge is 0.170 e. The quantitative estimate of drug-likeness (QED) is 0.807. The van der Waals surface area contributed by atoms with Crippen molar-refractivity contribution in [2.24, 2.45) is 5.92 Å². The van der Waals surface area contributed by atoms with Crippen LogP contribution in [0.4, 0.5) is 5.69 Å². The first-order chi connectivity index (χ1) is 7.49. The van der Waals surface area contributed by atoms with Crippen molar-refractivity contribution < 1.29 is 0 Å². The molecule has 0 amide bonds. The summed E-state index contributed by atoms with van der Waals surface area (Å²) in [6, 6.07) is 7.82. The molecule has 2 nitrogen and oxygen atoms in total. The van der Waals surface area contributed by atoms with Gasteiger partial charge < -0.3 is 10.6 Å². The number of anilines is 1. The summed E-state index contributed by atoms with van der Waals surface area (Å²) in [4.78, 5) is 0. The number of rotatable bonds is 3. The Balaban J connectivity index is 2.48. The highest BCUT2D eigenvalue weighted by molar-refractivity contribution is 7.80. The predicted molar refractivity (Wildman–Crippen MR) is 75.1 cm³/mol. The lowest BCUT2D eigenvalue weighted by Gasteiger charge is -2.19. The molecule has 1 aromatic rings. The third kappa shape index (κ3) is 4.37. The second-order valence-corrected chi connectivity index (χ2v) is 4.98. The predicted octanol–water partition coefficient (Wildman–Crippen LogP) is 3.67. The van der Waals surface area contributed by atoms with Crippen molar-refractivity contribution in [1.82, 2.24) is 5.32 Å². The van der Waals surface area contributed by atoms with Crippen LogP contribution in [0.5, 0.6) is 0 Å². The summed E-state index contributed by atoms with van der Waals surface area (Å²) in [7, 11) is 0. The van der Waals surface area contributed by atoms with Crippen LogP contribution in [0, 0.1) is 5.92 Å². The molecule has 0 heterocycles. The van der Waals surface area contributed by atoms with Gasteiger partial charge in [0.25, 0.3) is 0 Å².